The Morgan fingerprint density at radius 2 is 2.14 bits per heavy atom. The largest absolute Gasteiger partial charge is 0.245 e. The molecule has 0 aliphatic carbocycles. The molecule has 2 nitrogen and oxygen atoms in total. The van der Waals surface area contributed by atoms with Crippen LogP contribution < -0.4 is 0 Å². The molecule has 0 saturated carbocycles. The van der Waals surface area contributed by atoms with Crippen molar-refractivity contribution in [2.75, 3.05) is 0 Å². The van der Waals surface area contributed by atoms with Gasteiger partial charge in [0.2, 0.25) is 6.29 Å². The van der Waals surface area contributed by atoms with Crippen LogP contribution in [-0.2, 0) is 9.78 Å². The van der Waals surface area contributed by atoms with E-state index in [9.17, 15) is 0 Å². The third kappa shape index (κ3) is 1.01. The minimum atomic E-state index is -0.0231. The second-order valence-electron chi connectivity index (χ2n) is 1.56. The van der Waals surface area contributed by atoms with Gasteiger partial charge in [0, 0.05) is 0 Å². The average Bonchev–Trinajstić information content (AvgIpc) is 2.44. The molecule has 0 radical (unpaired) electrons. The van der Waals surface area contributed by atoms with E-state index in [0.717, 1.165) is 5.57 Å². The summed E-state index contributed by atoms with van der Waals surface area (Å²) in [4.78, 5) is 8.99. The van der Waals surface area contributed by atoms with Crippen LogP contribution in [0.5, 0.6) is 0 Å². The fourth-order valence-corrected chi connectivity index (χ4v) is 0.316. The van der Waals surface area contributed by atoms with Crippen LogP contribution in [0, 0.1) is 0 Å². The maximum absolute atomic E-state index is 4.49. The highest BCUT2D eigenvalue weighted by atomic mass is 17.4. The van der Waals surface area contributed by atoms with Crippen LogP contribution in [0.1, 0.15) is 13.8 Å². The molecule has 1 aliphatic rings. The first-order valence-corrected chi connectivity index (χ1v) is 2.29. The molecule has 0 N–H and O–H groups in total. The molecule has 0 aromatic heterocycles. The van der Waals surface area contributed by atoms with E-state index in [1.54, 1.807) is 0 Å². The van der Waals surface area contributed by atoms with Crippen molar-refractivity contribution in [3.05, 3.63) is 11.6 Å². The molecule has 1 saturated heterocycles. The molecule has 0 unspecified atom stereocenters. The molecule has 0 spiro atoms. The Balaban J connectivity index is 2.37. The molecule has 40 valence electrons. The Morgan fingerprint density at radius 1 is 1.57 bits per heavy atom. The molecule has 1 aliphatic heterocycles. The van der Waals surface area contributed by atoms with Gasteiger partial charge in [-0.1, -0.05) is 6.08 Å². The highest BCUT2D eigenvalue weighted by molar-refractivity contribution is 5.00. The van der Waals surface area contributed by atoms with Gasteiger partial charge >= 0.3 is 0 Å². The number of allylic oxidation sites excluding steroid dienone is 1. The van der Waals surface area contributed by atoms with Crippen LogP contribution in [0.3, 0.4) is 0 Å². The van der Waals surface area contributed by atoms with Gasteiger partial charge in [0.1, 0.15) is 0 Å². The van der Waals surface area contributed by atoms with Crippen LogP contribution in [0.4, 0.5) is 0 Å². The normalized spacial score (nSPS) is 22.9. The molecule has 2 heteroatoms. The van der Waals surface area contributed by atoms with E-state index in [2.05, 4.69) is 9.78 Å². The summed E-state index contributed by atoms with van der Waals surface area (Å²) in [6.07, 6.45) is 1.95. The summed E-state index contributed by atoms with van der Waals surface area (Å²) in [5.41, 5.74) is 1.14. The average molecular weight is 100 g/mol. The lowest BCUT2D eigenvalue weighted by atomic mass is 10.3. The molecule has 0 aromatic carbocycles. The van der Waals surface area contributed by atoms with E-state index < -0.39 is 0 Å². The second-order valence-corrected chi connectivity index (χ2v) is 1.56. The monoisotopic (exact) mass is 100 g/mol. The van der Waals surface area contributed by atoms with E-state index >= 15 is 0 Å². The summed E-state index contributed by atoms with van der Waals surface area (Å²) in [6.45, 7) is 3.93. The Hall–Kier alpha value is -0.340. The van der Waals surface area contributed by atoms with Crippen molar-refractivity contribution in [2.24, 2.45) is 0 Å². The van der Waals surface area contributed by atoms with Crippen molar-refractivity contribution < 1.29 is 9.78 Å². The van der Waals surface area contributed by atoms with Crippen molar-refractivity contribution in [2.45, 2.75) is 20.1 Å². The van der Waals surface area contributed by atoms with E-state index in [0.29, 0.717) is 0 Å². The highest BCUT2D eigenvalue weighted by Gasteiger charge is 2.26. The minimum absolute atomic E-state index is 0.0231. The SMILES string of the molecule is CC=C(C)C1OO1. The van der Waals surface area contributed by atoms with Gasteiger partial charge in [-0.2, -0.15) is 9.78 Å². The van der Waals surface area contributed by atoms with Crippen molar-refractivity contribution in [3.63, 3.8) is 0 Å². The molecular weight excluding hydrogens is 92.1 g/mol. The molecule has 0 bridgehead atoms. The standard InChI is InChI=1S/C5H8O2/c1-3-4(2)5-6-7-5/h3,5H,1-2H3. The first-order valence-electron chi connectivity index (χ1n) is 2.29. The maximum Gasteiger partial charge on any atom is 0.245 e. The van der Waals surface area contributed by atoms with Crippen molar-refractivity contribution in [1.82, 2.24) is 0 Å². The summed E-state index contributed by atoms with van der Waals surface area (Å²) in [5, 5.41) is 0. The third-order valence-corrected chi connectivity index (χ3v) is 1.02. The molecule has 7 heavy (non-hydrogen) atoms. The first-order chi connectivity index (χ1) is 3.34. The van der Waals surface area contributed by atoms with Crippen LogP contribution in [0.25, 0.3) is 0 Å². The molecular formula is C5H8O2. The molecule has 1 heterocycles. The lowest BCUT2D eigenvalue weighted by molar-refractivity contribution is 0.0850. The van der Waals surface area contributed by atoms with Gasteiger partial charge < -0.3 is 0 Å². The van der Waals surface area contributed by atoms with E-state index in [4.69, 9.17) is 0 Å². The zero-order valence-electron chi connectivity index (χ0n) is 4.47. The fourth-order valence-electron chi connectivity index (χ4n) is 0.316. The number of hydrogen-bond acceptors (Lipinski definition) is 2. The smallest absolute Gasteiger partial charge is 0.193 e. The lowest BCUT2D eigenvalue weighted by Gasteiger charge is -1.80. The third-order valence-electron chi connectivity index (χ3n) is 1.02. The fraction of sp³-hybridized carbons (Fsp3) is 0.600. The van der Waals surface area contributed by atoms with Crippen molar-refractivity contribution in [1.29, 1.82) is 0 Å². The van der Waals surface area contributed by atoms with Gasteiger partial charge in [-0.05, 0) is 19.4 Å². The van der Waals surface area contributed by atoms with Gasteiger partial charge in [0.25, 0.3) is 0 Å². The summed E-state index contributed by atoms with van der Waals surface area (Å²) < 4.78 is 0. The quantitative estimate of drug-likeness (QED) is 0.281. The maximum atomic E-state index is 4.49. The Bertz CT molecular complexity index is 92.3. The van der Waals surface area contributed by atoms with Gasteiger partial charge in [-0.3, -0.25) is 0 Å². The zero-order chi connectivity index (χ0) is 5.28. The summed E-state index contributed by atoms with van der Waals surface area (Å²) in [7, 11) is 0. The molecule has 0 atom stereocenters. The van der Waals surface area contributed by atoms with Crippen molar-refractivity contribution in [3.8, 4) is 0 Å². The highest BCUT2D eigenvalue weighted by Crippen LogP contribution is 2.20. The first kappa shape index (κ1) is 4.81. The van der Waals surface area contributed by atoms with Crippen LogP contribution in [-0.4, -0.2) is 6.29 Å². The van der Waals surface area contributed by atoms with Gasteiger partial charge in [-0.25, -0.2) is 0 Å². The summed E-state index contributed by atoms with van der Waals surface area (Å²) >= 11 is 0. The van der Waals surface area contributed by atoms with Crippen LogP contribution in [0.15, 0.2) is 11.6 Å². The molecule has 0 aromatic rings. The Labute approximate surface area is 42.7 Å². The minimum Gasteiger partial charge on any atom is -0.193 e. The summed E-state index contributed by atoms with van der Waals surface area (Å²) in [6, 6.07) is 0. The predicted octanol–water partition coefficient (Wildman–Crippen LogP) is 1.24. The van der Waals surface area contributed by atoms with E-state index in [-0.39, 0.29) is 6.29 Å². The van der Waals surface area contributed by atoms with Gasteiger partial charge in [-0.15, -0.1) is 0 Å². The number of hydrogen-bond donors (Lipinski definition) is 0. The lowest BCUT2D eigenvalue weighted by Crippen LogP contribution is -1.82. The van der Waals surface area contributed by atoms with Crippen molar-refractivity contribution >= 4 is 0 Å². The Morgan fingerprint density at radius 3 is 2.29 bits per heavy atom. The molecule has 0 amide bonds. The topological polar surface area (TPSA) is 25.1 Å². The summed E-state index contributed by atoms with van der Waals surface area (Å²) in [5.74, 6) is 0. The second kappa shape index (κ2) is 1.64. The van der Waals surface area contributed by atoms with Crippen LogP contribution in [0.2, 0.25) is 0 Å². The number of rotatable bonds is 1. The van der Waals surface area contributed by atoms with E-state index in [1.165, 1.54) is 0 Å². The van der Waals surface area contributed by atoms with E-state index in [1.807, 2.05) is 19.9 Å². The van der Waals surface area contributed by atoms with Gasteiger partial charge in [0.05, 0.1) is 0 Å². The van der Waals surface area contributed by atoms with Crippen LogP contribution >= 0.6 is 0 Å². The molecule has 1 fully saturated rings. The molecule has 1 rings (SSSR count). The Kier molecular flexibility index (Phi) is 1.13. The van der Waals surface area contributed by atoms with Gasteiger partial charge in [0.15, 0.2) is 0 Å². The zero-order valence-corrected chi connectivity index (χ0v) is 4.47. The predicted molar refractivity (Wildman–Crippen MR) is 25.4 cm³/mol.